The van der Waals surface area contributed by atoms with Crippen LogP contribution in [0.2, 0.25) is 0 Å². The molecular formula is C15H27N3O. The minimum absolute atomic E-state index is 0.229. The van der Waals surface area contributed by atoms with E-state index in [1.165, 1.54) is 25.7 Å². The van der Waals surface area contributed by atoms with E-state index in [0.29, 0.717) is 6.04 Å². The van der Waals surface area contributed by atoms with Crippen LogP contribution >= 0.6 is 0 Å². The van der Waals surface area contributed by atoms with Gasteiger partial charge in [0.05, 0.1) is 13.2 Å². The van der Waals surface area contributed by atoms with E-state index in [-0.39, 0.29) is 5.54 Å². The van der Waals surface area contributed by atoms with Crippen molar-refractivity contribution in [3.63, 3.8) is 0 Å². The SMILES string of the molecule is C#CCCCC(NN)C1(N2CCOCC2)CCCC1. The lowest BCUT2D eigenvalue weighted by Gasteiger charge is -2.48. The molecule has 0 aromatic heterocycles. The number of unbranched alkanes of at least 4 members (excludes halogenated alkanes) is 1. The fraction of sp³-hybridized carbons (Fsp3) is 0.867. The zero-order chi connectivity index (χ0) is 13.6. The molecule has 1 saturated heterocycles. The Kier molecular flexibility index (Phi) is 5.65. The van der Waals surface area contributed by atoms with E-state index in [9.17, 15) is 0 Å². The largest absolute Gasteiger partial charge is 0.379 e. The Bertz CT molecular complexity index is 301. The number of hydrazine groups is 1. The zero-order valence-corrected chi connectivity index (χ0v) is 11.9. The molecular weight excluding hydrogens is 238 g/mol. The summed E-state index contributed by atoms with van der Waals surface area (Å²) in [7, 11) is 0. The minimum Gasteiger partial charge on any atom is -0.379 e. The van der Waals surface area contributed by atoms with Crippen LogP contribution in [-0.4, -0.2) is 42.8 Å². The lowest BCUT2D eigenvalue weighted by Crippen LogP contribution is -2.63. The molecule has 2 aliphatic rings. The quantitative estimate of drug-likeness (QED) is 0.329. The number of nitrogens with two attached hydrogens (primary N) is 1. The average Bonchev–Trinajstić information content (AvgIpc) is 2.95. The minimum atomic E-state index is 0.229. The van der Waals surface area contributed by atoms with Gasteiger partial charge in [-0.3, -0.25) is 16.2 Å². The smallest absolute Gasteiger partial charge is 0.0594 e. The summed E-state index contributed by atoms with van der Waals surface area (Å²) in [5.74, 6) is 8.59. The van der Waals surface area contributed by atoms with Gasteiger partial charge in [-0.2, -0.15) is 0 Å². The fourth-order valence-electron chi connectivity index (χ4n) is 3.80. The Morgan fingerprint density at radius 2 is 2.00 bits per heavy atom. The number of nitrogens with zero attached hydrogens (tertiary/aromatic N) is 1. The number of terminal acetylenes is 1. The highest BCUT2D eigenvalue weighted by molar-refractivity contribution is 5.03. The number of hydrogen-bond donors (Lipinski definition) is 2. The molecule has 1 atom stereocenters. The van der Waals surface area contributed by atoms with E-state index in [4.69, 9.17) is 17.0 Å². The van der Waals surface area contributed by atoms with E-state index in [0.717, 1.165) is 45.6 Å². The molecule has 2 rings (SSSR count). The van der Waals surface area contributed by atoms with Crippen molar-refractivity contribution in [2.75, 3.05) is 26.3 Å². The third kappa shape index (κ3) is 3.29. The molecule has 108 valence electrons. The molecule has 1 unspecified atom stereocenters. The number of rotatable bonds is 6. The summed E-state index contributed by atoms with van der Waals surface area (Å²) in [4.78, 5) is 2.61. The Hall–Kier alpha value is -0.600. The van der Waals surface area contributed by atoms with Gasteiger partial charge in [0.1, 0.15) is 0 Å². The summed E-state index contributed by atoms with van der Waals surface area (Å²) in [5.41, 5.74) is 3.32. The molecule has 4 nitrogen and oxygen atoms in total. The maximum Gasteiger partial charge on any atom is 0.0594 e. The van der Waals surface area contributed by atoms with Gasteiger partial charge >= 0.3 is 0 Å². The first kappa shape index (κ1) is 14.8. The van der Waals surface area contributed by atoms with Gasteiger partial charge in [0.15, 0.2) is 0 Å². The topological polar surface area (TPSA) is 50.5 Å². The predicted molar refractivity (Wildman–Crippen MR) is 77.4 cm³/mol. The summed E-state index contributed by atoms with van der Waals surface area (Å²) in [5, 5.41) is 0. The normalized spacial score (nSPS) is 25.1. The Morgan fingerprint density at radius 1 is 1.32 bits per heavy atom. The van der Waals surface area contributed by atoms with Crippen molar-refractivity contribution in [3.05, 3.63) is 0 Å². The van der Waals surface area contributed by atoms with Crippen LogP contribution in [0.1, 0.15) is 44.9 Å². The second-order valence-electron chi connectivity index (χ2n) is 5.73. The highest BCUT2D eigenvalue weighted by atomic mass is 16.5. The molecule has 19 heavy (non-hydrogen) atoms. The molecule has 3 N–H and O–H groups in total. The number of ether oxygens (including phenoxy) is 1. The van der Waals surface area contributed by atoms with Crippen LogP contribution < -0.4 is 11.3 Å². The Labute approximate surface area is 117 Å². The summed E-state index contributed by atoms with van der Waals surface area (Å²) >= 11 is 0. The molecule has 0 bridgehead atoms. The lowest BCUT2D eigenvalue weighted by atomic mass is 9.83. The van der Waals surface area contributed by atoms with Gasteiger partial charge in [-0.1, -0.05) is 12.8 Å². The van der Waals surface area contributed by atoms with Crippen molar-refractivity contribution < 1.29 is 4.74 Å². The van der Waals surface area contributed by atoms with Crippen molar-refractivity contribution in [3.8, 4) is 12.3 Å². The van der Waals surface area contributed by atoms with Crippen LogP contribution in [0.25, 0.3) is 0 Å². The average molecular weight is 265 g/mol. The predicted octanol–water partition coefficient (Wildman–Crippen LogP) is 1.27. The van der Waals surface area contributed by atoms with Gasteiger partial charge in [0, 0.05) is 31.1 Å². The first-order valence-corrected chi connectivity index (χ1v) is 7.56. The van der Waals surface area contributed by atoms with Gasteiger partial charge in [-0.05, 0) is 25.7 Å². The van der Waals surface area contributed by atoms with Crippen molar-refractivity contribution in [2.45, 2.75) is 56.5 Å². The maximum atomic E-state index is 5.87. The first-order chi connectivity index (χ1) is 9.33. The monoisotopic (exact) mass is 265 g/mol. The molecule has 0 aromatic rings. The Balaban J connectivity index is 2.05. The van der Waals surface area contributed by atoms with Crippen LogP contribution in [-0.2, 0) is 4.74 Å². The summed E-state index contributed by atoms with van der Waals surface area (Å²) in [6.45, 7) is 3.77. The van der Waals surface area contributed by atoms with E-state index >= 15 is 0 Å². The molecule has 2 fully saturated rings. The fourth-order valence-corrected chi connectivity index (χ4v) is 3.80. The molecule has 0 aromatic carbocycles. The number of nitrogens with one attached hydrogen (secondary N) is 1. The molecule has 0 radical (unpaired) electrons. The highest BCUT2D eigenvalue weighted by Crippen LogP contribution is 2.39. The van der Waals surface area contributed by atoms with E-state index in [2.05, 4.69) is 16.2 Å². The molecule has 0 spiro atoms. The van der Waals surface area contributed by atoms with Crippen molar-refractivity contribution in [1.82, 2.24) is 10.3 Å². The maximum absolute atomic E-state index is 5.87. The summed E-state index contributed by atoms with van der Waals surface area (Å²) in [6, 6.07) is 0.349. The molecule has 1 heterocycles. The van der Waals surface area contributed by atoms with Crippen LogP contribution in [0.5, 0.6) is 0 Å². The summed E-state index contributed by atoms with van der Waals surface area (Å²) < 4.78 is 5.50. The van der Waals surface area contributed by atoms with Gasteiger partial charge in [-0.25, -0.2) is 0 Å². The number of hydrogen-bond acceptors (Lipinski definition) is 4. The molecule has 4 heteroatoms. The second kappa shape index (κ2) is 7.25. The standard InChI is InChI=1S/C15H27N3O/c1-2-3-4-7-14(17-16)15(8-5-6-9-15)18-10-12-19-13-11-18/h1,14,17H,3-13,16H2. The van der Waals surface area contributed by atoms with E-state index in [1.54, 1.807) is 0 Å². The van der Waals surface area contributed by atoms with Gasteiger partial charge in [0.25, 0.3) is 0 Å². The van der Waals surface area contributed by atoms with Crippen LogP contribution in [0.3, 0.4) is 0 Å². The number of morpholine rings is 1. The van der Waals surface area contributed by atoms with Crippen LogP contribution in [0.4, 0.5) is 0 Å². The molecule has 0 amide bonds. The van der Waals surface area contributed by atoms with Crippen molar-refractivity contribution >= 4 is 0 Å². The third-order valence-electron chi connectivity index (χ3n) is 4.77. The summed E-state index contributed by atoms with van der Waals surface area (Å²) in [6.07, 6.45) is 13.4. The Morgan fingerprint density at radius 3 is 2.58 bits per heavy atom. The van der Waals surface area contributed by atoms with Crippen LogP contribution in [0, 0.1) is 12.3 Å². The highest BCUT2D eigenvalue weighted by Gasteiger charge is 2.45. The molecule has 1 aliphatic carbocycles. The first-order valence-electron chi connectivity index (χ1n) is 7.56. The van der Waals surface area contributed by atoms with Crippen molar-refractivity contribution in [2.24, 2.45) is 5.84 Å². The van der Waals surface area contributed by atoms with E-state index < -0.39 is 0 Å². The molecule has 1 aliphatic heterocycles. The van der Waals surface area contributed by atoms with Gasteiger partial charge in [0.2, 0.25) is 0 Å². The van der Waals surface area contributed by atoms with E-state index in [1.807, 2.05) is 0 Å². The molecule has 1 saturated carbocycles. The van der Waals surface area contributed by atoms with Crippen LogP contribution in [0.15, 0.2) is 0 Å². The van der Waals surface area contributed by atoms with Gasteiger partial charge < -0.3 is 4.74 Å². The van der Waals surface area contributed by atoms with Gasteiger partial charge in [-0.15, -0.1) is 12.3 Å². The zero-order valence-electron chi connectivity index (χ0n) is 11.9. The van der Waals surface area contributed by atoms with Crippen molar-refractivity contribution in [1.29, 1.82) is 0 Å². The lowest BCUT2D eigenvalue weighted by molar-refractivity contribution is -0.0371. The second-order valence-corrected chi connectivity index (χ2v) is 5.73. The third-order valence-corrected chi connectivity index (χ3v) is 4.77.